The van der Waals surface area contributed by atoms with Crippen LogP contribution < -0.4 is 5.73 Å². The summed E-state index contributed by atoms with van der Waals surface area (Å²) in [6.45, 7) is 0. The average Bonchev–Trinajstić information content (AvgIpc) is 2.42. The average molecular weight is 330 g/mol. The highest BCUT2D eigenvalue weighted by Gasteiger charge is 2.22. The van der Waals surface area contributed by atoms with Crippen molar-refractivity contribution < 1.29 is 8.42 Å². The molecule has 0 saturated carbocycles. The Labute approximate surface area is 128 Å². The van der Waals surface area contributed by atoms with Gasteiger partial charge in [0.2, 0.25) is 0 Å². The van der Waals surface area contributed by atoms with Gasteiger partial charge >= 0.3 is 0 Å². The van der Waals surface area contributed by atoms with Gasteiger partial charge in [0.05, 0.1) is 15.7 Å². The molecule has 0 amide bonds. The van der Waals surface area contributed by atoms with Gasteiger partial charge < -0.3 is 5.73 Å². The predicted molar refractivity (Wildman–Crippen MR) is 81.9 cm³/mol. The molecular formula is C14H13Cl2NO2S. The molecule has 0 heterocycles. The summed E-state index contributed by atoms with van der Waals surface area (Å²) in [6.07, 6.45) is 0. The zero-order valence-electron chi connectivity index (χ0n) is 10.5. The van der Waals surface area contributed by atoms with Gasteiger partial charge in [-0.1, -0.05) is 53.5 Å². The summed E-state index contributed by atoms with van der Waals surface area (Å²) in [4.78, 5) is 0.0121. The lowest BCUT2D eigenvalue weighted by molar-refractivity contribution is 0.589. The zero-order chi connectivity index (χ0) is 14.8. The Hall–Kier alpha value is -1.07. The van der Waals surface area contributed by atoms with Crippen LogP contribution in [0.5, 0.6) is 0 Å². The Morgan fingerprint density at radius 3 is 2.35 bits per heavy atom. The van der Waals surface area contributed by atoms with E-state index >= 15 is 0 Å². The van der Waals surface area contributed by atoms with Gasteiger partial charge in [0, 0.05) is 11.1 Å². The molecule has 0 spiro atoms. The van der Waals surface area contributed by atoms with Crippen molar-refractivity contribution in [3.05, 3.63) is 64.1 Å². The molecule has 0 fully saturated rings. The molecule has 0 aliphatic heterocycles. The molecule has 2 rings (SSSR count). The standard InChI is InChI=1S/C14H13Cl2NO2S/c15-11-6-7-12(16)14(8-11)20(18,19)9-13(17)10-4-2-1-3-5-10/h1-8,13H,9,17H2. The third kappa shape index (κ3) is 3.52. The molecule has 3 nitrogen and oxygen atoms in total. The van der Waals surface area contributed by atoms with Crippen molar-refractivity contribution >= 4 is 33.0 Å². The summed E-state index contributed by atoms with van der Waals surface area (Å²) in [7, 11) is -3.60. The number of hydrogen-bond acceptors (Lipinski definition) is 3. The lowest BCUT2D eigenvalue weighted by atomic mass is 10.1. The lowest BCUT2D eigenvalue weighted by Crippen LogP contribution is -2.22. The van der Waals surface area contributed by atoms with Crippen molar-refractivity contribution in [2.24, 2.45) is 5.73 Å². The van der Waals surface area contributed by atoms with E-state index in [4.69, 9.17) is 28.9 Å². The molecule has 0 saturated heterocycles. The van der Waals surface area contributed by atoms with Crippen LogP contribution in [-0.2, 0) is 9.84 Å². The summed E-state index contributed by atoms with van der Waals surface area (Å²) in [5, 5.41) is 0.468. The van der Waals surface area contributed by atoms with E-state index in [1.165, 1.54) is 12.1 Å². The number of nitrogens with two attached hydrogens (primary N) is 1. The number of benzene rings is 2. The second-order valence-corrected chi connectivity index (χ2v) is 7.22. The van der Waals surface area contributed by atoms with Crippen LogP contribution in [0.3, 0.4) is 0 Å². The lowest BCUT2D eigenvalue weighted by Gasteiger charge is -2.13. The van der Waals surface area contributed by atoms with Crippen LogP contribution in [0.4, 0.5) is 0 Å². The van der Waals surface area contributed by atoms with E-state index in [1.54, 1.807) is 18.2 Å². The van der Waals surface area contributed by atoms with Crippen molar-refractivity contribution in [1.29, 1.82) is 0 Å². The Morgan fingerprint density at radius 1 is 1.05 bits per heavy atom. The van der Waals surface area contributed by atoms with Gasteiger partial charge in [0.1, 0.15) is 0 Å². The monoisotopic (exact) mass is 329 g/mol. The van der Waals surface area contributed by atoms with Gasteiger partial charge in [0.15, 0.2) is 9.84 Å². The molecule has 0 aromatic heterocycles. The first-order chi connectivity index (χ1) is 9.40. The second kappa shape index (κ2) is 6.14. The van der Waals surface area contributed by atoms with E-state index in [9.17, 15) is 8.42 Å². The van der Waals surface area contributed by atoms with Crippen molar-refractivity contribution in [3.8, 4) is 0 Å². The van der Waals surface area contributed by atoms with Crippen LogP contribution in [0.1, 0.15) is 11.6 Å². The first-order valence-corrected chi connectivity index (χ1v) is 8.29. The van der Waals surface area contributed by atoms with Gasteiger partial charge in [-0.15, -0.1) is 0 Å². The van der Waals surface area contributed by atoms with Crippen LogP contribution in [0.25, 0.3) is 0 Å². The molecule has 1 atom stereocenters. The second-order valence-electron chi connectivity index (χ2n) is 4.37. The fourth-order valence-corrected chi connectivity index (χ4v) is 4.06. The fraction of sp³-hybridized carbons (Fsp3) is 0.143. The maximum atomic E-state index is 12.4. The number of rotatable bonds is 4. The molecular weight excluding hydrogens is 317 g/mol. The maximum Gasteiger partial charge on any atom is 0.181 e. The summed E-state index contributed by atoms with van der Waals surface area (Å²) < 4.78 is 24.7. The van der Waals surface area contributed by atoms with Crippen LogP contribution in [0, 0.1) is 0 Å². The minimum absolute atomic E-state index is 0.0121. The van der Waals surface area contributed by atoms with Crippen LogP contribution in [-0.4, -0.2) is 14.2 Å². The Morgan fingerprint density at radius 2 is 1.70 bits per heavy atom. The molecule has 2 N–H and O–H groups in total. The van der Waals surface area contributed by atoms with Gasteiger partial charge in [-0.05, 0) is 23.8 Å². The maximum absolute atomic E-state index is 12.4. The smallest absolute Gasteiger partial charge is 0.181 e. The molecule has 0 radical (unpaired) electrons. The van der Waals surface area contributed by atoms with Gasteiger partial charge in [-0.25, -0.2) is 8.42 Å². The Kier molecular flexibility index (Phi) is 4.70. The summed E-state index contributed by atoms with van der Waals surface area (Å²) in [6, 6.07) is 12.8. The van der Waals surface area contributed by atoms with E-state index in [2.05, 4.69) is 0 Å². The molecule has 0 aliphatic rings. The van der Waals surface area contributed by atoms with E-state index in [0.717, 1.165) is 5.56 Å². The molecule has 1 unspecified atom stereocenters. The van der Waals surface area contributed by atoms with Crippen LogP contribution in [0.15, 0.2) is 53.4 Å². The third-order valence-corrected chi connectivity index (χ3v) is 5.34. The van der Waals surface area contributed by atoms with E-state index in [1.807, 2.05) is 18.2 Å². The van der Waals surface area contributed by atoms with Gasteiger partial charge in [0.25, 0.3) is 0 Å². The molecule has 0 bridgehead atoms. The number of sulfone groups is 1. The number of hydrogen-bond donors (Lipinski definition) is 1. The first-order valence-electron chi connectivity index (χ1n) is 5.88. The van der Waals surface area contributed by atoms with Crippen LogP contribution >= 0.6 is 23.2 Å². The normalized spacial score (nSPS) is 13.2. The van der Waals surface area contributed by atoms with Crippen molar-refractivity contribution in [3.63, 3.8) is 0 Å². The highest BCUT2D eigenvalue weighted by Crippen LogP contribution is 2.27. The minimum Gasteiger partial charge on any atom is -0.323 e. The Bertz CT molecular complexity index is 702. The fourth-order valence-electron chi connectivity index (χ4n) is 1.84. The number of halogens is 2. The molecule has 0 aliphatic carbocycles. The third-order valence-electron chi connectivity index (χ3n) is 2.86. The molecule has 2 aromatic carbocycles. The van der Waals surface area contributed by atoms with Crippen molar-refractivity contribution in [1.82, 2.24) is 0 Å². The van der Waals surface area contributed by atoms with Crippen molar-refractivity contribution in [2.45, 2.75) is 10.9 Å². The summed E-state index contributed by atoms with van der Waals surface area (Å²) >= 11 is 11.8. The highest BCUT2D eigenvalue weighted by atomic mass is 35.5. The van der Waals surface area contributed by atoms with Crippen molar-refractivity contribution in [2.75, 3.05) is 5.75 Å². The topological polar surface area (TPSA) is 60.2 Å². The summed E-state index contributed by atoms with van der Waals surface area (Å²) in [5.74, 6) is -0.225. The molecule has 2 aromatic rings. The zero-order valence-corrected chi connectivity index (χ0v) is 12.8. The molecule has 106 valence electrons. The quantitative estimate of drug-likeness (QED) is 0.934. The van der Waals surface area contributed by atoms with E-state index in [-0.39, 0.29) is 15.7 Å². The molecule has 20 heavy (non-hydrogen) atoms. The van der Waals surface area contributed by atoms with E-state index < -0.39 is 15.9 Å². The van der Waals surface area contributed by atoms with E-state index in [0.29, 0.717) is 5.02 Å². The largest absolute Gasteiger partial charge is 0.323 e. The SMILES string of the molecule is NC(CS(=O)(=O)c1cc(Cl)ccc1Cl)c1ccccc1. The molecule has 6 heteroatoms. The highest BCUT2D eigenvalue weighted by molar-refractivity contribution is 7.91. The first kappa shape index (κ1) is 15.3. The van der Waals surface area contributed by atoms with Crippen LogP contribution in [0.2, 0.25) is 10.0 Å². The summed E-state index contributed by atoms with van der Waals surface area (Å²) in [5.41, 5.74) is 6.71. The Balaban J connectivity index is 2.30. The van der Waals surface area contributed by atoms with Gasteiger partial charge in [-0.3, -0.25) is 0 Å². The van der Waals surface area contributed by atoms with Gasteiger partial charge in [-0.2, -0.15) is 0 Å². The minimum atomic E-state index is -3.60. The predicted octanol–water partition coefficient (Wildman–Crippen LogP) is 3.47.